The van der Waals surface area contributed by atoms with Crippen molar-refractivity contribution in [3.8, 4) is 0 Å². The van der Waals surface area contributed by atoms with E-state index in [1.54, 1.807) is 6.92 Å². The molecule has 10 heteroatoms. The number of rotatable bonds is 12. The average molecular weight is 519 g/mol. The zero-order valence-corrected chi connectivity index (χ0v) is 20.7. The zero-order chi connectivity index (χ0) is 23.0. The third kappa shape index (κ3) is 7.00. The summed E-state index contributed by atoms with van der Waals surface area (Å²) in [5.74, 6) is -0.812. The lowest BCUT2D eigenvalue weighted by molar-refractivity contribution is -0.139. The number of hydrogen-bond donors (Lipinski definition) is 1. The number of benzene rings is 1. The predicted octanol–water partition coefficient (Wildman–Crippen LogP) is 2.82. The summed E-state index contributed by atoms with van der Waals surface area (Å²) in [6, 6.07) is 3.36. The van der Waals surface area contributed by atoms with E-state index in [4.69, 9.17) is 9.47 Å². The average Bonchev–Trinajstić information content (AvgIpc) is 3.15. The molecular formula is C21H31BrN2O6S. The van der Waals surface area contributed by atoms with Gasteiger partial charge in [-0.15, -0.1) is 0 Å². The number of nitrogens with zero attached hydrogens (tertiary/aromatic N) is 1. The molecule has 2 amide bonds. The van der Waals surface area contributed by atoms with Crippen molar-refractivity contribution in [2.24, 2.45) is 0 Å². The molecule has 0 spiro atoms. The Labute approximate surface area is 192 Å². The van der Waals surface area contributed by atoms with Crippen LogP contribution in [0.5, 0.6) is 0 Å². The smallest absolute Gasteiger partial charge is 0.226 e. The Hall–Kier alpha value is -1.49. The molecule has 0 bridgehead atoms. The number of halogens is 1. The molecule has 0 aromatic heterocycles. The number of fused-ring (bicyclic) bond motifs is 1. The second-order valence-corrected chi connectivity index (χ2v) is 10.1. The first-order valence-electron chi connectivity index (χ1n) is 10.6. The summed E-state index contributed by atoms with van der Waals surface area (Å²) in [6.45, 7) is 7.28. The molecule has 31 heavy (non-hydrogen) atoms. The van der Waals surface area contributed by atoms with Crippen LogP contribution in [0.3, 0.4) is 0 Å². The minimum Gasteiger partial charge on any atom is -0.356 e. The van der Waals surface area contributed by atoms with Crippen LogP contribution >= 0.6 is 15.9 Å². The summed E-state index contributed by atoms with van der Waals surface area (Å²) in [6.07, 6.45) is 0.809. The van der Waals surface area contributed by atoms with Crippen molar-refractivity contribution >= 4 is 43.3 Å². The molecule has 1 aliphatic rings. The lowest BCUT2D eigenvalue weighted by atomic mass is 10.2. The Morgan fingerprint density at radius 3 is 2.48 bits per heavy atom. The molecule has 0 fully saturated rings. The Morgan fingerprint density at radius 2 is 1.87 bits per heavy atom. The van der Waals surface area contributed by atoms with Gasteiger partial charge in [0.05, 0.1) is 16.3 Å². The van der Waals surface area contributed by atoms with Crippen LogP contribution in [-0.4, -0.2) is 58.6 Å². The summed E-state index contributed by atoms with van der Waals surface area (Å²) < 4.78 is 37.6. The van der Waals surface area contributed by atoms with Crippen molar-refractivity contribution in [1.29, 1.82) is 0 Å². The molecule has 0 saturated carbocycles. The largest absolute Gasteiger partial charge is 0.356 e. The normalized spacial score (nSPS) is 13.5. The second kappa shape index (κ2) is 11.9. The van der Waals surface area contributed by atoms with E-state index in [-0.39, 0.29) is 28.9 Å². The summed E-state index contributed by atoms with van der Waals surface area (Å²) in [5, 5.41) is 2.72. The lowest BCUT2D eigenvalue weighted by Gasteiger charge is -2.20. The number of anilines is 1. The van der Waals surface area contributed by atoms with Crippen molar-refractivity contribution in [3.63, 3.8) is 0 Å². The Kier molecular flexibility index (Phi) is 9.92. The molecule has 1 aromatic rings. The topological polar surface area (TPSA) is 102 Å². The van der Waals surface area contributed by atoms with Crippen LogP contribution in [0.15, 0.2) is 21.5 Å². The first-order chi connectivity index (χ1) is 14.7. The Bertz CT molecular complexity index is 884. The number of carbonyl (C=O) groups is 2. The van der Waals surface area contributed by atoms with Crippen LogP contribution < -0.4 is 10.2 Å². The van der Waals surface area contributed by atoms with Crippen LogP contribution in [0.1, 0.15) is 45.6 Å². The van der Waals surface area contributed by atoms with E-state index in [0.29, 0.717) is 55.7 Å². The third-order valence-corrected chi connectivity index (χ3v) is 7.12. The first kappa shape index (κ1) is 25.8. The van der Waals surface area contributed by atoms with Gasteiger partial charge in [0.15, 0.2) is 16.1 Å². The fourth-order valence-electron chi connectivity index (χ4n) is 3.49. The van der Waals surface area contributed by atoms with E-state index in [0.717, 1.165) is 5.56 Å². The maximum Gasteiger partial charge on any atom is 0.226 e. The van der Waals surface area contributed by atoms with Crippen LogP contribution in [0, 0.1) is 0 Å². The van der Waals surface area contributed by atoms with E-state index >= 15 is 0 Å². The molecule has 0 radical (unpaired) electrons. The van der Waals surface area contributed by atoms with Gasteiger partial charge in [-0.3, -0.25) is 9.59 Å². The van der Waals surface area contributed by atoms with Crippen LogP contribution in [0.25, 0.3) is 0 Å². The maximum atomic E-state index is 13.1. The van der Waals surface area contributed by atoms with Crippen LogP contribution in [-0.2, 0) is 35.3 Å². The van der Waals surface area contributed by atoms with Gasteiger partial charge in [0.1, 0.15) is 0 Å². The summed E-state index contributed by atoms with van der Waals surface area (Å²) in [5.41, 5.74) is 1.27. The minimum atomic E-state index is -3.77. The van der Waals surface area contributed by atoms with Crippen molar-refractivity contribution in [3.05, 3.63) is 22.2 Å². The monoisotopic (exact) mass is 518 g/mol. The molecule has 1 heterocycles. The number of sulfone groups is 1. The van der Waals surface area contributed by atoms with E-state index < -0.39 is 16.1 Å². The summed E-state index contributed by atoms with van der Waals surface area (Å²) in [4.78, 5) is 26.1. The summed E-state index contributed by atoms with van der Waals surface area (Å²) >= 11 is 3.36. The predicted molar refractivity (Wildman–Crippen MR) is 122 cm³/mol. The SMILES string of the molecule is CCOC(CCNC(=O)CCS(=O)(=O)c1cc(Br)cc2c1N(C(=O)CC)CC2)OCC. The molecule has 0 unspecified atom stereocenters. The van der Waals surface area contributed by atoms with Gasteiger partial charge in [0, 0.05) is 50.0 Å². The quantitative estimate of drug-likeness (QED) is 0.426. The maximum absolute atomic E-state index is 13.1. The number of nitrogens with one attached hydrogen (secondary N) is 1. The molecular weight excluding hydrogens is 488 g/mol. The van der Waals surface area contributed by atoms with Gasteiger partial charge in [0.25, 0.3) is 0 Å². The number of hydrogen-bond acceptors (Lipinski definition) is 6. The molecule has 1 aromatic carbocycles. The van der Waals surface area contributed by atoms with Gasteiger partial charge >= 0.3 is 0 Å². The highest BCUT2D eigenvalue weighted by molar-refractivity contribution is 9.10. The lowest BCUT2D eigenvalue weighted by Crippen LogP contribution is -2.31. The van der Waals surface area contributed by atoms with Crippen LogP contribution in [0.2, 0.25) is 0 Å². The number of carbonyl (C=O) groups excluding carboxylic acids is 2. The molecule has 1 aliphatic heterocycles. The van der Waals surface area contributed by atoms with Crippen molar-refractivity contribution in [2.45, 2.75) is 57.6 Å². The molecule has 0 atom stereocenters. The van der Waals surface area contributed by atoms with Crippen molar-refractivity contribution in [2.75, 3.05) is 37.0 Å². The molecule has 8 nitrogen and oxygen atoms in total. The third-order valence-electron chi connectivity index (χ3n) is 4.94. The van der Waals surface area contributed by atoms with Crippen molar-refractivity contribution < 1.29 is 27.5 Å². The highest BCUT2D eigenvalue weighted by Gasteiger charge is 2.32. The van der Waals surface area contributed by atoms with E-state index in [9.17, 15) is 18.0 Å². The highest BCUT2D eigenvalue weighted by atomic mass is 79.9. The standard InChI is InChI=1S/C21H31BrN2O6S/c1-4-19(26)24-11-8-15-13-16(22)14-17(21(15)24)31(27,28)12-9-18(25)23-10-7-20(29-5-2)30-6-3/h13-14,20H,4-12H2,1-3H3,(H,23,25). The van der Waals surface area contributed by atoms with Gasteiger partial charge in [0.2, 0.25) is 11.8 Å². The van der Waals surface area contributed by atoms with Gasteiger partial charge in [-0.2, -0.15) is 0 Å². The molecule has 0 aliphatic carbocycles. The molecule has 0 saturated heterocycles. The summed E-state index contributed by atoms with van der Waals surface area (Å²) in [7, 11) is -3.77. The molecule has 1 N–H and O–H groups in total. The van der Waals surface area contributed by atoms with Gasteiger partial charge in [-0.1, -0.05) is 22.9 Å². The molecule has 174 valence electrons. The molecule has 2 rings (SSSR count). The fraction of sp³-hybridized carbons (Fsp3) is 0.619. The fourth-order valence-corrected chi connectivity index (χ4v) is 5.66. The second-order valence-electron chi connectivity index (χ2n) is 7.11. The number of amides is 2. The van der Waals surface area contributed by atoms with E-state index in [1.165, 1.54) is 11.0 Å². The van der Waals surface area contributed by atoms with E-state index in [1.807, 2.05) is 19.9 Å². The van der Waals surface area contributed by atoms with Crippen molar-refractivity contribution in [1.82, 2.24) is 5.32 Å². The van der Waals surface area contributed by atoms with Gasteiger partial charge < -0.3 is 19.7 Å². The zero-order valence-electron chi connectivity index (χ0n) is 18.3. The van der Waals surface area contributed by atoms with Gasteiger partial charge in [-0.25, -0.2) is 8.42 Å². The van der Waals surface area contributed by atoms with E-state index in [2.05, 4.69) is 21.2 Å². The highest BCUT2D eigenvalue weighted by Crippen LogP contribution is 2.38. The van der Waals surface area contributed by atoms with Gasteiger partial charge in [-0.05, 0) is 38.0 Å². The minimum absolute atomic E-state index is 0.0942. The first-order valence-corrected chi connectivity index (χ1v) is 13.0. The Morgan fingerprint density at radius 1 is 1.19 bits per heavy atom. The number of ether oxygens (including phenoxy) is 2. The Balaban J connectivity index is 2.04. The van der Waals surface area contributed by atoms with Crippen LogP contribution in [0.4, 0.5) is 5.69 Å².